The maximum absolute atomic E-state index is 13.3. The molecule has 11 heteroatoms. The lowest BCUT2D eigenvalue weighted by atomic mass is 10.1. The molecule has 1 heterocycles. The van der Waals surface area contributed by atoms with Crippen LogP contribution in [0.1, 0.15) is 17.0 Å². The highest BCUT2D eigenvalue weighted by molar-refractivity contribution is 5.75. The molecule has 4 rings (SSSR count). The molecule has 0 unspecified atom stereocenters. The van der Waals surface area contributed by atoms with Crippen molar-refractivity contribution < 1.29 is 22.1 Å². The van der Waals surface area contributed by atoms with Gasteiger partial charge in [-0.2, -0.15) is 18.2 Å². The quantitative estimate of drug-likeness (QED) is 0.332. The fourth-order valence-corrected chi connectivity index (χ4v) is 3.31. The average molecular weight is 460 g/mol. The lowest BCUT2D eigenvalue weighted by molar-refractivity contribution is -0.159. The topological polar surface area (TPSA) is 88.3 Å². The van der Waals surface area contributed by atoms with Crippen molar-refractivity contribution in [3.63, 3.8) is 0 Å². The third-order valence-electron chi connectivity index (χ3n) is 4.93. The molecule has 0 fully saturated rings. The smallest absolute Gasteiger partial charge is 0.376 e. The second kappa shape index (κ2) is 8.49. The number of alkyl halides is 3. The predicted octanol–water partition coefficient (Wildman–Crippen LogP) is 3.74. The minimum absolute atomic E-state index is 0.148. The fraction of sp³-hybridized carbons (Fsp3) is 0.182. The number of hydrogen-bond acceptors (Lipinski definition) is 7. The van der Waals surface area contributed by atoms with Gasteiger partial charge in [-0.25, -0.2) is 4.39 Å². The van der Waals surface area contributed by atoms with Crippen LogP contribution in [0.15, 0.2) is 62.6 Å². The first kappa shape index (κ1) is 22.2. The summed E-state index contributed by atoms with van der Waals surface area (Å²) in [5, 5.41) is 6.22. The summed E-state index contributed by atoms with van der Waals surface area (Å²) in [6.45, 7) is 0.419. The molecule has 0 aliphatic carbocycles. The summed E-state index contributed by atoms with van der Waals surface area (Å²) >= 11 is 0. The van der Waals surface area contributed by atoms with Gasteiger partial charge in [0.2, 0.25) is 5.82 Å². The third kappa shape index (κ3) is 4.61. The molecule has 170 valence electrons. The molecular formula is C22H16F4N4O3. The number of rotatable bonds is 7. The summed E-state index contributed by atoms with van der Waals surface area (Å²) in [4.78, 5) is 29.1. The molecule has 0 bridgehead atoms. The minimum atomic E-state index is -4.73. The summed E-state index contributed by atoms with van der Waals surface area (Å²) < 4.78 is 55.4. The number of nitrogens with zero attached hydrogens (tertiary/aromatic N) is 3. The predicted molar refractivity (Wildman–Crippen MR) is 112 cm³/mol. The summed E-state index contributed by atoms with van der Waals surface area (Å²) in [6, 6.07) is 12.2. The van der Waals surface area contributed by atoms with E-state index in [0.717, 1.165) is 5.56 Å². The SMILES string of the molecule is CN(Cc1ccc(-c2noc(C(F)(F)F)n2)cc1)c1c(NCc2cccc(F)c2)c(=O)c1=O. The molecule has 0 atom stereocenters. The van der Waals surface area contributed by atoms with E-state index in [0.29, 0.717) is 11.1 Å². The van der Waals surface area contributed by atoms with E-state index in [1.54, 1.807) is 36.2 Å². The van der Waals surface area contributed by atoms with E-state index >= 15 is 0 Å². The number of anilines is 2. The number of aromatic nitrogens is 2. The van der Waals surface area contributed by atoms with E-state index in [9.17, 15) is 27.2 Å². The van der Waals surface area contributed by atoms with E-state index in [1.807, 2.05) is 0 Å². The zero-order valence-electron chi connectivity index (χ0n) is 17.1. The van der Waals surface area contributed by atoms with Gasteiger partial charge in [0.25, 0.3) is 10.9 Å². The zero-order chi connectivity index (χ0) is 23.8. The Labute approximate surface area is 184 Å². The molecular weight excluding hydrogens is 444 g/mol. The number of halogens is 4. The molecule has 0 spiro atoms. The number of benzene rings is 2. The van der Waals surface area contributed by atoms with E-state index in [2.05, 4.69) is 20.0 Å². The summed E-state index contributed by atoms with van der Waals surface area (Å²) in [6.07, 6.45) is -4.73. The van der Waals surface area contributed by atoms with Crippen LogP contribution in [-0.4, -0.2) is 17.2 Å². The lowest BCUT2D eigenvalue weighted by Gasteiger charge is -2.24. The maximum Gasteiger partial charge on any atom is 0.471 e. The Morgan fingerprint density at radius 3 is 2.39 bits per heavy atom. The van der Waals surface area contributed by atoms with E-state index in [-0.39, 0.29) is 30.3 Å². The molecule has 0 saturated heterocycles. The fourth-order valence-electron chi connectivity index (χ4n) is 3.31. The van der Waals surface area contributed by atoms with Crippen molar-refractivity contribution >= 4 is 11.4 Å². The van der Waals surface area contributed by atoms with Gasteiger partial charge in [-0.05, 0) is 23.3 Å². The van der Waals surface area contributed by atoms with E-state index in [4.69, 9.17) is 0 Å². The van der Waals surface area contributed by atoms with Crippen LogP contribution in [0.5, 0.6) is 0 Å². The van der Waals surface area contributed by atoms with Crippen molar-refractivity contribution in [2.24, 2.45) is 0 Å². The largest absolute Gasteiger partial charge is 0.471 e. The molecule has 0 radical (unpaired) electrons. The molecule has 1 N–H and O–H groups in total. The van der Waals surface area contributed by atoms with Gasteiger partial charge in [0.05, 0.1) is 0 Å². The molecule has 0 amide bonds. The van der Waals surface area contributed by atoms with Gasteiger partial charge in [-0.3, -0.25) is 9.59 Å². The summed E-state index contributed by atoms with van der Waals surface area (Å²) in [5.74, 6) is -2.04. The van der Waals surface area contributed by atoms with Crippen LogP contribution < -0.4 is 21.1 Å². The summed E-state index contributed by atoms with van der Waals surface area (Å²) in [7, 11) is 1.63. The Bertz CT molecular complexity index is 1360. The van der Waals surface area contributed by atoms with E-state index in [1.165, 1.54) is 24.3 Å². The first-order valence-corrected chi connectivity index (χ1v) is 9.66. The second-order valence-electron chi connectivity index (χ2n) is 7.34. The van der Waals surface area contributed by atoms with Crippen molar-refractivity contribution in [2.45, 2.75) is 19.3 Å². The van der Waals surface area contributed by atoms with Crippen molar-refractivity contribution in [3.05, 3.63) is 91.8 Å². The van der Waals surface area contributed by atoms with Gasteiger partial charge in [-0.15, -0.1) is 0 Å². The molecule has 4 aromatic rings. The van der Waals surface area contributed by atoms with Gasteiger partial charge < -0.3 is 14.7 Å². The van der Waals surface area contributed by atoms with Gasteiger partial charge >= 0.3 is 12.1 Å². The van der Waals surface area contributed by atoms with Crippen LogP contribution in [-0.2, 0) is 19.3 Å². The zero-order valence-corrected chi connectivity index (χ0v) is 17.1. The third-order valence-corrected chi connectivity index (χ3v) is 4.93. The molecule has 3 aromatic carbocycles. The Balaban J connectivity index is 1.45. The van der Waals surface area contributed by atoms with Crippen molar-refractivity contribution in [3.8, 4) is 11.4 Å². The maximum atomic E-state index is 13.3. The Kier molecular flexibility index (Phi) is 5.71. The van der Waals surface area contributed by atoms with E-state index < -0.39 is 28.7 Å². The Morgan fingerprint density at radius 2 is 1.76 bits per heavy atom. The van der Waals surface area contributed by atoms with Gasteiger partial charge in [0.15, 0.2) is 0 Å². The van der Waals surface area contributed by atoms with Crippen LogP contribution in [0.4, 0.5) is 28.9 Å². The molecule has 7 nitrogen and oxygen atoms in total. The Hall–Kier alpha value is -4.02. The van der Waals surface area contributed by atoms with Crippen LogP contribution in [0, 0.1) is 5.82 Å². The molecule has 33 heavy (non-hydrogen) atoms. The Morgan fingerprint density at radius 1 is 1.03 bits per heavy atom. The lowest BCUT2D eigenvalue weighted by Crippen LogP contribution is -2.41. The van der Waals surface area contributed by atoms with Crippen LogP contribution in [0.25, 0.3) is 11.4 Å². The number of hydrogen-bond donors (Lipinski definition) is 1. The highest BCUT2D eigenvalue weighted by Gasteiger charge is 2.38. The first-order valence-electron chi connectivity index (χ1n) is 9.66. The van der Waals surface area contributed by atoms with Gasteiger partial charge in [-0.1, -0.05) is 41.6 Å². The van der Waals surface area contributed by atoms with Crippen molar-refractivity contribution in [1.82, 2.24) is 10.1 Å². The van der Waals surface area contributed by atoms with Crippen LogP contribution in [0.2, 0.25) is 0 Å². The second-order valence-corrected chi connectivity index (χ2v) is 7.34. The summed E-state index contributed by atoms with van der Waals surface area (Å²) in [5.41, 5.74) is 0.728. The minimum Gasteiger partial charge on any atom is -0.376 e. The van der Waals surface area contributed by atoms with Gasteiger partial charge in [0, 0.05) is 25.7 Å². The number of nitrogens with one attached hydrogen (secondary N) is 1. The highest BCUT2D eigenvalue weighted by Crippen LogP contribution is 2.29. The molecule has 0 aliphatic rings. The normalized spacial score (nSPS) is 11.7. The molecule has 1 aromatic heterocycles. The molecule has 0 saturated carbocycles. The van der Waals surface area contributed by atoms with Crippen molar-refractivity contribution in [1.29, 1.82) is 0 Å². The molecule has 0 aliphatic heterocycles. The monoisotopic (exact) mass is 460 g/mol. The van der Waals surface area contributed by atoms with Crippen LogP contribution in [0.3, 0.4) is 0 Å². The highest BCUT2D eigenvalue weighted by atomic mass is 19.4. The standard InChI is InChI=1S/C22H16F4N4O3/c1-30(17-16(18(31)19(17)32)27-10-13-3-2-4-15(23)9-13)11-12-5-7-14(8-6-12)20-28-21(33-29-20)22(24,25)26/h2-9,27H,10-11H2,1H3. The first-order chi connectivity index (χ1) is 15.6. The van der Waals surface area contributed by atoms with Crippen LogP contribution >= 0.6 is 0 Å². The van der Waals surface area contributed by atoms with Gasteiger partial charge in [0.1, 0.15) is 17.2 Å². The average Bonchev–Trinajstić information content (AvgIpc) is 3.27. The van der Waals surface area contributed by atoms with Crippen molar-refractivity contribution in [2.75, 3.05) is 17.3 Å².